The monoisotopic (exact) mass is 289 g/mol. The number of hydrogen-bond acceptors (Lipinski definition) is 5. The molecule has 1 atom stereocenters. The van der Waals surface area contributed by atoms with Crippen molar-refractivity contribution < 1.29 is 4.52 Å². The number of aryl methyl sites for hydroxylation is 1. The second kappa shape index (κ2) is 6.41. The topological polar surface area (TPSA) is 51.0 Å². The van der Waals surface area contributed by atoms with Gasteiger partial charge in [-0.25, -0.2) is 0 Å². The van der Waals surface area contributed by atoms with E-state index in [-0.39, 0.29) is 0 Å². The Morgan fingerprint density at radius 2 is 2.40 bits per heavy atom. The van der Waals surface area contributed by atoms with Gasteiger partial charge in [0, 0.05) is 11.4 Å². The third kappa shape index (κ3) is 3.41. The third-order valence-electron chi connectivity index (χ3n) is 3.49. The van der Waals surface area contributed by atoms with Crippen LogP contribution in [0.1, 0.15) is 36.0 Å². The summed E-state index contributed by atoms with van der Waals surface area (Å²) >= 11 is 1.75. The van der Waals surface area contributed by atoms with Crippen LogP contribution in [0.2, 0.25) is 0 Å². The second-order valence-electron chi connectivity index (χ2n) is 5.20. The molecule has 0 amide bonds. The lowest BCUT2D eigenvalue weighted by Gasteiger charge is -2.18. The van der Waals surface area contributed by atoms with E-state index in [1.54, 1.807) is 11.8 Å². The molecule has 1 saturated heterocycles. The molecule has 0 spiro atoms. The van der Waals surface area contributed by atoms with Crippen molar-refractivity contribution in [2.24, 2.45) is 0 Å². The molecule has 1 fully saturated rings. The molecule has 5 heteroatoms. The molecule has 0 aliphatic carbocycles. The zero-order chi connectivity index (χ0) is 13.8. The summed E-state index contributed by atoms with van der Waals surface area (Å²) in [5.41, 5.74) is 1.28. The molecule has 0 bridgehead atoms. The first kappa shape index (κ1) is 13.6. The predicted octanol–water partition coefficient (Wildman–Crippen LogP) is 3.14. The van der Waals surface area contributed by atoms with Gasteiger partial charge in [0.15, 0.2) is 5.82 Å². The van der Waals surface area contributed by atoms with Gasteiger partial charge in [0.2, 0.25) is 5.89 Å². The molecule has 0 unspecified atom stereocenters. The molecule has 1 aliphatic rings. The lowest BCUT2D eigenvalue weighted by Crippen LogP contribution is -2.28. The second-order valence-corrected chi connectivity index (χ2v) is 6.25. The van der Waals surface area contributed by atoms with E-state index in [9.17, 15) is 0 Å². The largest absolute Gasteiger partial charge is 0.339 e. The number of aromatic nitrogens is 2. The van der Waals surface area contributed by atoms with Gasteiger partial charge in [-0.1, -0.05) is 22.9 Å². The smallest absolute Gasteiger partial charge is 0.231 e. The highest BCUT2D eigenvalue weighted by Crippen LogP contribution is 2.25. The lowest BCUT2D eigenvalue weighted by atomic mass is 10.00. The average molecular weight is 289 g/mol. The van der Waals surface area contributed by atoms with Crippen LogP contribution in [0, 0.1) is 6.92 Å². The highest BCUT2D eigenvalue weighted by molar-refractivity contribution is 7.98. The van der Waals surface area contributed by atoms with Crippen LogP contribution in [0.3, 0.4) is 0 Å². The highest BCUT2D eigenvalue weighted by atomic mass is 32.2. The van der Waals surface area contributed by atoms with Crippen LogP contribution in [0.4, 0.5) is 0 Å². The van der Waals surface area contributed by atoms with Crippen molar-refractivity contribution in [1.29, 1.82) is 0 Å². The van der Waals surface area contributed by atoms with Crippen molar-refractivity contribution in [1.82, 2.24) is 15.5 Å². The maximum absolute atomic E-state index is 5.40. The van der Waals surface area contributed by atoms with Gasteiger partial charge >= 0.3 is 0 Å². The molecule has 106 valence electrons. The number of nitrogens with zero attached hydrogens (tertiary/aromatic N) is 2. The maximum atomic E-state index is 5.40. The third-order valence-corrected chi connectivity index (χ3v) is 4.48. The van der Waals surface area contributed by atoms with Gasteiger partial charge in [-0.3, -0.25) is 0 Å². The number of nitrogens with one attached hydrogen (secondary N) is 1. The van der Waals surface area contributed by atoms with Gasteiger partial charge in [0.05, 0.1) is 11.7 Å². The summed E-state index contributed by atoms with van der Waals surface area (Å²) < 4.78 is 5.40. The van der Waals surface area contributed by atoms with Crippen LogP contribution in [0.15, 0.2) is 33.7 Å². The zero-order valence-corrected chi connectivity index (χ0v) is 12.4. The van der Waals surface area contributed by atoms with E-state index in [0.29, 0.717) is 5.92 Å². The fourth-order valence-corrected chi connectivity index (χ4v) is 3.26. The summed E-state index contributed by atoms with van der Waals surface area (Å²) in [6.07, 6.45) is 2.32. The molecule has 0 radical (unpaired) electrons. The standard InChI is InChI=1S/C15H19N3OS/c1-11-4-2-6-13(8-11)20-10-14-17-15(19-18-14)12-5-3-7-16-9-12/h2,4,6,8,12,16H,3,5,7,9-10H2,1H3/t12-/m0/s1. The van der Waals surface area contributed by atoms with E-state index in [0.717, 1.165) is 37.0 Å². The van der Waals surface area contributed by atoms with Gasteiger partial charge < -0.3 is 9.84 Å². The fraction of sp³-hybridized carbons (Fsp3) is 0.467. The average Bonchev–Trinajstić information content (AvgIpc) is 2.95. The van der Waals surface area contributed by atoms with Gasteiger partial charge in [0.1, 0.15) is 0 Å². The minimum absolute atomic E-state index is 0.383. The number of hydrogen-bond donors (Lipinski definition) is 1. The van der Waals surface area contributed by atoms with Gasteiger partial charge in [-0.15, -0.1) is 11.8 Å². The summed E-state index contributed by atoms with van der Waals surface area (Å²) in [5, 5.41) is 7.47. The van der Waals surface area contributed by atoms with Crippen LogP contribution in [-0.2, 0) is 5.75 Å². The predicted molar refractivity (Wildman–Crippen MR) is 79.9 cm³/mol. The van der Waals surface area contributed by atoms with Crippen molar-refractivity contribution in [3.8, 4) is 0 Å². The molecule has 1 aliphatic heterocycles. The number of rotatable bonds is 4. The Morgan fingerprint density at radius 1 is 1.45 bits per heavy atom. The zero-order valence-electron chi connectivity index (χ0n) is 11.6. The summed E-state index contributed by atoms with van der Waals surface area (Å²) in [7, 11) is 0. The molecule has 1 aromatic carbocycles. The summed E-state index contributed by atoms with van der Waals surface area (Å²) in [4.78, 5) is 5.78. The minimum atomic E-state index is 0.383. The first-order valence-corrected chi connectivity index (χ1v) is 8.02. The normalized spacial score (nSPS) is 19.1. The Bertz CT molecular complexity index is 564. The van der Waals surface area contributed by atoms with E-state index in [4.69, 9.17) is 4.52 Å². The highest BCUT2D eigenvalue weighted by Gasteiger charge is 2.21. The number of thioether (sulfide) groups is 1. The van der Waals surface area contributed by atoms with Gasteiger partial charge in [0.25, 0.3) is 0 Å². The molecule has 4 nitrogen and oxygen atoms in total. The van der Waals surface area contributed by atoms with Crippen molar-refractivity contribution in [2.45, 2.75) is 36.3 Å². The molecule has 2 heterocycles. The van der Waals surface area contributed by atoms with Crippen LogP contribution >= 0.6 is 11.8 Å². The molecule has 1 N–H and O–H groups in total. The molecule has 20 heavy (non-hydrogen) atoms. The Morgan fingerprint density at radius 3 is 3.20 bits per heavy atom. The number of benzene rings is 1. The van der Waals surface area contributed by atoms with Crippen LogP contribution in [0.25, 0.3) is 0 Å². The molecule has 2 aromatic rings. The van der Waals surface area contributed by atoms with Crippen LogP contribution < -0.4 is 5.32 Å². The maximum Gasteiger partial charge on any atom is 0.231 e. The Hall–Kier alpha value is -1.33. The molecule has 3 rings (SSSR count). The summed E-state index contributed by atoms with van der Waals surface area (Å²) in [6.45, 7) is 4.15. The van der Waals surface area contributed by atoms with Crippen molar-refractivity contribution in [2.75, 3.05) is 13.1 Å². The lowest BCUT2D eigenvalue weighted by molar-refractivity contribution is 0.320. The Balaban J connectivity index is 1.59. The SMILES string of the molecule is Cc1cccc(SCc2noc([C@H]3CCCNC3)n2)c1. The first-order chi connectivity index (χ1) is 9.81. The Kier molecular flexibility index (Phi) is 4.38. The first-order valence-electron chi connectivity index (χ1n) is 7.04. The van der Waals surface area contributed by atoms with Gasteiger partial charge in [-0.2, -0.15) is 4.98 Å². The quantitative estimate of drug-likeness (QED) is 0.876. The molecule has 1 aromatic heterocycles. The summed E-state index contributed by atoms with van der Waals surface area (Å²) in [5.74, 6) is 2.72. The molecular formula is C15H19N3OS. The van der Waals surface area contributed by atoms with Crippen molar-refractivity contribution in [3.63, 3.8) is 0 Å². The Labute approximate surface area is 123 Å². The van der Waals surface area contributed by atoms with E-state index in [1.165, 1.54) is 16.9 Å². The van der Waals surface area contributed by atoms with Crippen LogP contribution in [0.5, 0.6) is 0 Å². The van der Waals surface area contributed by atoms with Crippen molar-refractivity contribution in [3.05, 3.63) is 41.5 Å². The summed E-state index contributed by atoms with van der Waals surface area (Å²) in [6, 6.07) is 8.47. The molecular weight excluding hydrogens is 270 g/mol. The molecule has 0 saturated carbocycles. The van der Waals surface area contributed by atoms with Gasteiger partial charge in [-0.05, 0) is 38.4 Å². The van der Waals surface area contributed by atoms with E-state index in [2.05, 4.69) is 46.6 Å². The van der Waals surface area contributed by atoms with E-state index in [1.807, 2.05) is 0 Å². The minimum Gasteiger partial charge on any atom is -0.339 e. The fourth-order valence-electron chi connectivity index (χ4n) is 2.41. The van der Waals surface area contributed by atoms with E-state index < -0.39 is 0 Å². The van der Waals surface area contributed by atoms with E-state index >= 15 is 0 Å². The van der Waals surface area contributed by atoms with Crippen molar-refractivity contribution >= 4 is 11.8 Å². The number of piperidine rings is 1. The van der Waals surface area contributed by atoms with Crippen LogP contribution in [-0.4, -0.2) is 23.2 Å².